The van der Waals surface area contributed by atoms with E-state index < -0.39 is 5.41 Å². The third-order valence-electron chi connectivity index (χ3n) is 4.25. The van der Waals surface area contributed by atoms with Crippen molar-refractivity contribution in [2.75, 3.05) is 18.2 Å². The van der Waals surface area contributed by atoms with Crippen LogP contribution in [0.3, 0.4) is 0 Å². The highest BCUT2D eigenvalue weighted by atomic mass is 35.5. The highest BCUT2D eigenvalue weighted by Crippen LogP contribution is 2.35. The fourth-order valence-electron chi connectivity index (χ4n) is 2.54. The van der Waals surface area contributed by atoms with E-state index in [4.69, 9.17) is 21.0 Å². The first kappa shape index (κ1) is 20.5. The summed E-state index contributed by atoms with van der Waals surface area (Å²) in [6, 6.07) is 19.9. The molecule has 2 aromatic carbocycles. The van der Waals surface area contributed by atoms with E-state index in [1.807, 2.05) is 74.5 Å². The smallest absolute Gasteiger partial charge is 0.256 e. The molecule has 3 aromatic rings. The van der Waals surface area contributed by atoms with Crippen LogP contribution in [0.1, 0.15) is 13.8 Å². The SMILES string of the molecule is CC(C)(CCl)C(=O)NCCSc1nc(-c2ccccc2)c(-c2ccccc2)o1. The summed E-state index contributed by atoms with van der Waals surface area (Å²) < 4.78 is 6.07. The summed E-state index contributed by atoms with van der Waals surface area (Å²) in [5.74, 6) is 1.65. The number of nitrogens with one attached hydrogen (secondary N) is 1. The van der Waals surface area contributed by atoms with Crippen LogP contribution in [0.2, 0.25) is 0 Å². The lowest BCUT2D eigenvalue weighted by molar-refractivity contribution is -0.128. The molecule has 6 heteroatoms. The largest absolute Gasteiger partial charge is 0.431 e. The quantitative estimate of drug-likeness (QED) is 0.301. The Hall–Kier alpha value is -2.24. The average Bonchev–Trinajstić information content (AvgIpc) is 3.16. The van der Waals surface area contributed by atoms with Gasteiger partial charge in [0.15, 0.2) is 5.76 Å². The number of benzene rings is 2. The molecule has 0 aliphatic heterocycles. The van der Waals surface area contributed by atoms with Crippen molar-refractivity contribution in [1.29, 1.82) is 0 Å². The van der Waals surface area contributed by atoms with Crippen molar-refractivity contribution in [2.45, 2.75) is 19.1 Å². The highest BCUT2D eigenvalue weighted by molar-refractivity contribution is 7.99. The Morgan fingerprint density at radius 3 is 2.29 bits per heavy atom. The standard InChI is InChI=1S/C22H23ClN2O2S/c1-22(2,15-23)20(26)24-13-14-28-21-25-18(16-9-5-3-6-10-16)19(27-21)17-11-7-4-8-12-17/h3-12H,13-15H2,1-2H3,(H,24,26). The predicted molar refractivity (Wildman–Crippen MR) is 116 cm³/mol. The fraction of sp³-hybridized carbons (Fsp3) is 0.273. The molecule has 28 heavy (non-hydrogen) atoms. The summed E-state index contributed by atoms with van der Waals surface area (Å²) in [7, 11) is 0. The van der Waals surface area contributed by atoms with Crippen LogP contribution in [0.4, 0.5) is 0 Å². The molecule has 0 spiro atoms. The van der Waals surface area contributed by atoms with Gasteiger partial charge in [0.05, 0.1) is 5.41 Å². The van der Waals surface area contributed by atoms with Gasteiger partial charge in [-0.05, 0) is 13.8 Å². The Morgan fingerprint density at radius 1 is 1.07 bits per heavy atom. The molecular formula is C22H23ClN2O2S. The molecule has 0 radical (unpaired) electrons. The topological polar surface area (TPSA) is 55.1 Å². The Kier molecular flexibility index (Phi) is 6.81. The van der Waals surface area contributed by atoms with E-state index >= 15 is 0 Å². The van der Waals surface area contributed by atoms with Gasteiger partial charge in [0, 0.05) is 29.3 Å². The number of aromatic nitrogens is 1. The summed E-state index contributed by atoms with van der Waals surface area (Å²) in [6.07, 6.45) is 0. The number of nitrogens with zero attached hydrogens (tertiary/aromatic N) is 1. The van der Waals surface area contributed by atoms with E-state index in [1.165, 1.54) is 11.8 Å². The molecule has 0 atom stereocenters. The Labute approximate surface area is 174 Å². The number of hydrogen-bond donors (Lipinski definition) is 1. The van der Waals surface area contributed by atoms with Crippen molar-refractivity contribution in [3.05, 3.63) is 60.7 Å². The summed E-state index contributed by atoms with van der Waals surface area (Å²) in [5.41, 5.74) is 2.24. The van der Waals surface area contributed by atoms with Crippen molar-refractivity contribution in [1.82, 2.24) is 10.3 Å². The van der Waals surface area contributed by atoms with Gasteiger partial charge in [-0.25, -0.2) is 4.98 Å². The van der Waals surface area contributed by atoms with Crippen molar-refractivity contribution >= 4 is 29.3 Å². The van der Waals surface area contributed by atoms with Crippen LogP contribution < -0.4 is 5.32 Å². The molecule has 0 fully saturated rings. The van der Waals surface area contributed by atoms with E-state index in [-0.39, 0.29) is 11.8 Å². The molecule has 0 unspecified atom stereocenters. The first-order chi connectivity index (χ1) is 13.5. The predicted octanol–water partition coefficient (Wildman–Crippen LogP) is 5.48. The molecule has 0 aliphatic carbocycles. The molecule has 0 saturated carbocycles. The summed E-state index contributed by atoms with van der Waals surface area (Å²) >= 11 is 7.32. The summed E-state index contributed by atoms with van der Waals surface area (Å²) in [5, 5.41) is 3.50. The van der Waals surface area contributed by atoms with Crippen LogP contribution in [0.5, 0.6) is 0 Å². The number of hydrogen-bond acceptors (Lipinski definition) is 4. The van der Waals surface area contributed by atoms with Gasteiger partial charge < -0.3 is 9.73 Å². The van der Waals surface area contributed by atoms with E-state index in [0.717, 1.165) is 22.6 Å². The normalized spacial score (nSPS) is 11.4. The number of amides is 1. The number of oxazole rings is 1. The molecule has 1 aromatic heterocycles. The van der Waals surface area contributed by atoms with Gasteiger partial charge in [0.2, 0.25) is 5.91 Å². The molecule has 4 nitrogen and oxygen atoms in total. The van der Waals surface area contributed by atoms with Crippen LogP contribution in [0.25, 0.3) is 22.6 Å². The van der Waals surface area contributed by atoms with Gasteiger partial charge in [-0.2, -0.15) is 0 Å². The third-order valence-corrected chi connectivity index (χ3v) is 5.75. The van der Waals surface area contributed by atoms with Gasteiger partial charge in [0.1, 0.15) is 5.69 Å². The third kappa shape index (κ3) is 4.97. The molecule has 1 N–H and O–H groups in total. The minimum atomic E-state index is -0.573. The second-order valence-corrected chi connectivity index (χ2v) is 8.32. The van der Waals surface area contributed by atoms with E-state index in [0.29, 0.717) is 17.5 Å². The first-order valence-electron chi connectivity index (χ1n) is 9.10. The Balaban J connectivity index is 1.73. The molecule has 0 bridgehead atoms. The number of rotatable bonds is 8. The van der Waals surface area contributed by atoms with Crippen molar-refractivity contribution in [2.24, 2.45) is 5.41 Å². The lowest BCUT2D eigenvalue weighted by Gasteiger charge is -2.19. The first-order valence-corrected chi connectivity index (χ1v) is 10.6. The fourth-order valence-corrected chi connectivity index (χ4v) is 3.34. The summed E-state index contributed by atoms with van der Waals surface area (Å²) in [6.45, 7) is 4.18. The van der Waals surface area contributed by atoms with Crippen LogP contribution in [0.15, 0.2) is 70.3 Å². The second kappa shape index (κ2) is 9.30. The van der Waals surface area contributed by atoms with Crippen LogP contribution in [-0.4, -0.2) is 29.1 Å². The monoisotopic (exact) mass is 414 g/mol. The maximum Gasteiger partial charge on any atom is 0.256 e. The maximum atomic E-state index is 12.1. The molecule has 0 saturated heterocycles. The zero-order chi connectivity index (χ0) is 20.0. The van der Waals surface area contributed by atoms with Gasteiger partial charge in [0.25, 0.3) is 5.22 Å². The number of carbonyl (C=O) groups excluding carboxylic acids is 1. The molecule has 1 heterocycles. The van der Waals surface area contributed by atoms with Crippen LogP contribution in [-0.2, 0) is 4.79 Å². The Morgan fingerprint density at radius 2 is 1.68 bits per heavy atom. The number of alkyl halides is 1. The minimum absolute atomic E-state index is 0.0505. The average molecular weight is 415 g/mol. The summed E-state index contributed by atoms with van der Waals surface area (Å²) in [4.78, 5) is 16.8. The van der Waals surface area contributed by atoms with Crippen LogP contribution in [0, 0.1) is 5.41 Å². The van der Waals surface area contributed by atoms with Gasteiger partial charge in [-0.15, -0.1) is 11.6 Å². The highest BCUT2D eigenvalue weighted by Gasteiger charge is 2.26. The second-order valence-electron chi connectivity index (χ2n) is 7.01. The van der Waals surface area contributed by atoms with Gasteiger partial charge in [-0.1, -0.05) is 72.4 Å². The van der Waals surface area contributed by atoms with Crippen molar-refractivity contribution in [3.63, 3.8) is 0 Å². The van der Waals surface area contributed by atoms with E-state index in [9.17, 15) is 4.79 Å². The minimum Gasteiger partial charge on any atom is -0.431 e. The number of thioether (sulfide) groups is 1. The van der Waals surface area contributed by atoms with Crippen molar-refractivity contribution < 1.29 is 9.21 Å². The molecule has 1 amide bonds. The zero-order valence-corrected chi connectivity index (χ0v) is 17.5. The lowest BCUT2D eigenvalue weighted by atomic mass is 9.95. The molecular weight excluding hydrogens is 392 g/mol. The molecule has 3 rings (SSSR count). The van der Waals surface area contributed by atoms with Crippen molar-refractivity contribution in [3.8, 4) is 22.6 Å². The van der Waals surface area contributed by atoms with Crippen LogP contribution >= 0.6 is 23.4 Å². The Bertz CT molecular complexity index is 854. The zero-order valence-electron chi connectivity index (χ0n) is 15.9. The maximum absolute atomic E-state index is 12.1. The van der Waals surface area contributed by atoms with E-state index in [2.05, 4.69) is 5.32 Å². The number of carbonyl (C=O) groups is 1. The van der Waals surface area contributed by atoms with Gasteiger partial charge in [-0.3, -0.25) is 4.79 Å². The van der Waals surface area contributed by atoms with E-state index in [1.54, 1.807) is 0 Å². The molecule has 146 valence electrons. The molecule has 0 aliphatic rings. The van der Waals surface area contributed by atoms with Gasteiger partial charge >= 0.3 is 0 Å². The number of halogens is 1. The lowest BCUT2D eigenvalue weighted by Crippen LogP contribution is -2.39.